The van der Waals surface area contributed by atoms with Gasteiger partial charge in [0, 0.05) is 12.0 Å². The number of nitrogens with one attached hydrogen (secondary N) is 1. The topological polar surface area (TPSA) is 86.3 Å². The Bertz CT molecular complexity index is 554. The van der Waals surface area contributed by atoms with Crippen molar-refractivity contribution in [3.8, 4) is 12.3 Å². The van der Waals surface area contributed by atoms with E-state index in [4.69, 9.17) is 11.5 Å². The molecular formula is C12H13N3O3. The molecule has 1 aromatic rings. The van der Waals surface area contributed by atoms with Gasteiger partial charge in [-0.15, -0.1) is 6.42 Å². The van der Waals surface area contributed by atoms with E-state index in [1.165, 1.54) is 11.0 Å². The van der Waals surface area contributed by atoms with Crippen LogP contribution < -0.4 is 10.5 Å². The molecule has 6 nitrogen and oxygen atoms in total. The quantitative estimate of drug-likeness (QED) is 0.724. The van der Waals surface area contributed by atoms with Gasteiger partial charge in [-0.3, -0.25) is 9.59 Å². The van der Waals surface area contributed by atoms with E-state index in [2.05, 4.69) is 15.9 Å². The summed E-state index contributed by atoms with van der Waals surface area (Å²) >= 11 is 0. The monoisotopic (exact) mass is 247 g/mol. The summed E-state index contributed by atoms with van der Waals surface area (Å²) in [6.07, 6.45) is 7.19. The highest BCUT2D eigenvalue weighted by molar-refractivity contribution is 5.73. The third kappa shape index (κ3) is 2.88. The van der Waals surface area contributed by atoms with Crippen molar-refractivity contribution >= 4 is 11.8 Å². The molecule has 0 aliphatic heterocycles. The number of hydrogen-bond donors (Lipinski definition) is 2. The van der Waals surface area contributed by atoms with E-state index in [9.17, 15) is 9.59 Å². The Kier molecular flexibility index (Phi) is 3.33. The lowest BCUT2D eigenvalue weighted by atomic mass is 10.3. The summed E-state index contributed by atoms with van der Waals surface area (Å²) in [5.74, 6) is 2.58. The van der Waals surface area contributed by atoms with Crippen molar-refractivity contribution in [3.05, 3.63) is 22.2 Å². The van der Waals surface area contributed by atoms with Crippen LogP contribution in [0.4, 0.5) is 5.82 Å². The van der Waals surface area contributed by atoms with Crippen LogP contribution in [0.2, 0.25) is 0 Å². The predicted octanol–water partition coefficient (Wildman–Crippen LogP) is 0.171. The van der Waals surface area contributed by atoms with Gasteiger partial charge >= 0.3 is 5.97 Å². The molecule has 0 atom stereocenters. The van der Waals surface area contributed by atoms with Gasteiger partial charge in [0.05, 0.1) is 6.54 Å². The summed E-state index contributed by atoms with van der Waals surface area (Å²) in [5, 5.41) is 8.81. The number of carbonyl (C=O) groups is 1. The van der Waals surface area contributed by atoms with Crippen molar-refractivity contribution in [2.45, 2.75) is 18.8 Å². The molecule has 1 fully saturated rings. The van der Waals surface area contributed by atoms with E-state index in [-0.39, 0.29) is 24.6 Å². The average molecular weight is 247 g/mol. The van der Waals surface area contributed by atoms with Crippen LogP contribution in [0.15, 0.2) is 10.9 Å². The number of nitrogens with zero attached hydrogens (tertiary/aromatic N) is 2. The van der Waals surface area contributed by atoms with Crippen LogP contribution in [-0.4, -0.2) is 34.1 Å². The molecule has 1 heterocycles. The second-order valence-electron chi connectivity index (χ2n) is 4.22. The van der Waals surface area contributed by atoms with Gasteiger partial charge in [-0.05, 0) is 12.8 Å². The molecule has 0 unspecified atom stereocenters. The number of carboxylic acid groups (broad SMARTS) is 1. The summed E-state index contributed by atoms with van der Waals surface area (Å²) in [7, 11) is 0. The summed E-state index contributed by atoms with van der Waals surface area (Å²) in [6.45, 7) is -0.169. The van der Waals surface area contributed by atoms with E-state index in [0.717, 1.165) is 12.8 Å². The highest BCUT2D eigenvalue weighted by Gasteiger charge is 2.27. The van der Waals surface area contributed by atoms with E-state index in [1.54, 1.807) is 0 Å². The fraction of sp³-hybridized carbons (Fsp3) is 0.417. The van der Waals surface area contributed by atoms with Crippen molar-refractivity contribution in [2.24, 2.45) is 0 Å². The Morgan fingerprint density at radius 3 is 2.94 bits per heavy atom. The molecule has 0 aromatic carbocycles. The first-order valence-electron chi connectivity index (χ1n) is 5.61. The van der Waals surface area contributed by atoms with E-state index in [1.807, 2.05) is 0 Å². The molecule has 94 valence electrons. The van der Waals surface area contributed by atoms with Gasteiger partial charge in [-0.25, -0.2) is 4.98 Å². The van der Waals surface area contributed by atoms with Crippen LogP contribution in [0.25, 0.3) is 0 Å². The SMILES string of the molecule is C#CCN(CC(=O)O)c1cc(=O)[nH]c(C2CC2)n1. The van der Waals surface area contributed by atoms with Crippen molar-refractivity contribution in [2.75, 3.05) is 18.0 Å². The fourth-order valence-corrected chi connectivity index (χ4v) is 1.67. The Balaban J connectivity index is 2.31. The van der Waals surface area contributed by atoms with Crippen molar-refractivity contribution in [1.29, 1.82) is 0 Å². The molecule has 2 N–H and O–H groups in total. The highest BCUT2D eigenvalue weighted by Crippen LogP contribution is 2.37. The van der Waals surface area contributed by atoms with Gasteiger partial charge < -0.3 is 15.0 Å². The molecule has 0 radical (unpaired) electrons. The first kappa shape index (κ1) is 12.2. The molecule has 1 aliphatic rings. The Morgan fingerprint density at radius 1 is 1.67 bits per heavy atom. The van der Waals surface area contributed by atoms with E-state index in [0.29, 0.717) is 11.6 Å². The number of anilines is 1. The molecule has 2 rings (SSSR count). The molecule has 6 heteroatoms. The normalized spacial score (nSPS) is 13.9. The third-order valence-corrected chi connectivity index (χ3v) is 2.64. The van der Waals surface area contributed by atoms with E-state index < -0.39 is 5.97 Å². The van der Waals surface area contributed by atoms with Crippen molar-refractivity contribution < 1.29 is 9.90 Å². The predicted molar refractivity (Wildman–Crippen MR) is 65.5 cm³/mol. The zero-order chi connectivity index (χ0) is 13.1. The Hall–Kier alpha value is -2.29. The van der Waals surface area contributed by atoms with Crippen molar-refractivity contribution in [1.82, 2.24) is 9.97 Å². The maximum atomic E-state index is 11.5. The van der Waals surface area contributed by atoms with Crippen LogP contribution in [0, 0.1) is 12.3 Å². The van der Waals surface area contributed by atoms with Gasteiger partial charge in [0.15, 0.2) is 0 Å². The Morgan fingerprint density at radius 2 is 2.39 bits per heavy atom. The third-order valence-electron chi connectivity index (χ3n) is 2.64. The van der Waals surface area contributed by atoms with Crippen LogP contribution in [0.1, 0.15) is 24.6 Å². The molecule has 0 saturated heterocycles. The summed E-state index contributed by atoms with van der Waals surface area (Å²) in [4.78, 5) is 30.6. The van der Waals surface area contributed by atoms with Gasteiger partial charge in [0.25, 0.3) is 5.56 Å². The van der Waals surface area contributed by atoms with Crippen LogP contribution in [0.3, 0.4) is 0 Å². The maximum absolute atomic E-state index is 11.5. The van der Waals surface area contributed by atoms with Crippen LogP contribution in [-0.2, 0) is 4.79 Å². The lowest BCUT2D eigenvalue weighted by Crippen LogP contribution is -2.32. The molecule has 0 bridgehead atoms. The molecule has 18 heavy (non-hydrogen) atoms. The maximum Gasteiger partial charge on any atom is 0.323 e. The van der Waals surface area contributed by atoms with Gasteiger partial charge in [-0.1, -0.05) is 5.92 Å². The Labute approximate surface area is 104 Å². The number of hydrogen-bond acceptors (Lipinski definition) is 4. The minimum atomic E-state index is -1.01. The van der Waals surface area contributed by atoms with Crippen LogP contribution in [0.5, 0.6) is 0 Å². The minimum Gasteiger partial charge on any atom is -0.480 e. The van der Waals surface area contributed by atoms with E-state index >= 15 is 0 Å². The summed E-state index contributed by atoms with van der Waals surface area (Å²) in [5.41, 5.74) is -0.283. The zero-order valence-electron chi connectivity index (χ0n) is 9.72. The average Bonchev–Trinajstić information content (AvgIpc) is 3.10. The first-order valence-corrected chi connectivity index (χ1v) is 5.61. The number of aromatic amines is 1. The lowest BCUT2D eigenvalue weighted by Gasteiger charge is -2.19. The molecule has 1 aliphatic carbocycles. The fourth-order valence-electron chi connectivity index (χ4n) is 1.67. The second kappa shape index (κ2) is 4.92. The molecule has 1 saturated carbocycles. The standard InChI is InChI=1S/C12H13N3O3/c1-2-5-15(7-11(17)18)9-6-10(16)14-12(13-9)8-3-4-8/h1,6,8H,3-5,7H2,(H,17,18)(H,13,14,16). The number of carboxylic acids is 1. The largest absolute Gasteiger partial charge is 0.480 e. The smallest absolute Gasteiger partial charge is 0.323 e. The molecule has 1 aromatic heterocycles. The first-order chi connectivity index (χ1) is 8.60. The number of terminal acetylenes is 1. The van der Waals surface area contributed by atoms with Crippen LogP contribution >= 0.6 is 0 Å². The molecular weight excluding hydrogens is 234 g/mol. The zero-order valence-corrected chi connectivity index (χ0v) is 9.72. The lowest BCUT2D eigenvalue weighted by molar-refractivity contribution is -0.135. The number of H-pyrrole nitrogens is 1. The highest BCUT2D eigenvalue weighted by atomic mass is 16.4. The second-order valence-corrected chi connectivity index (χ2v) is 4.22. The van der Waals surface area contributed by atoms with Gasteiger partial charge in [-0.2, -0.15) is 0 Å². The van der Waals surface area contributed by atoms with Gasteiger partial charge in [0.2, 0.25) is 0 Å². The number of aromatic nitrogens is 2. The number of aliphatic carboxylic acids is 1. The summed E-state index contributed by atoms with van der Waals surface area (Å²) in [6, 6.07) is 1.27. The minimum absolute atomic E-state index is 0.104. The molecule has 0 amide bonds. The number of rotatable bonds is 5. The summed E-state index contributed by atoms with van der Waals surface area (Å²) < 4.78 is 0. The molecule has 0 spiro atoms. The van der Waals surface area contributed by atoms with Crippen molar-refractivity contribution in [3.63, 3.8) is 0 Å². The van der Waals surface area contributed by atoms with Gasteiger partial charge in [0.1, 0.15) is 18.2 Å².